The Bertz CT molecular complexity index is 1510. The maximum absolute atomic E-state index is 13.5. The van der Waals surface area contributed by atoms with Crippen LogP contribution in [0.3, 0.4) is 0 Å². The van der Waals surface area contributed by atoms with Crippen LogP contribution in [0, 0.1) is 6.92 Å². The van der Waals surface area contributed by atoms with E-state index < -0.39 is 6.04 Å². The molecule has 160 valence electrons. The van der Waals surface area contributed by atoms with E-state index in [1.807, 2.05) is 80.0 Å². The first kappa shape index (κ1) is 20.4. The van der Waals surface area contributed by atoms with Crippen LogP contribution in [0.1, 0.15) is 29.1 Å². The number of carbonyl (C=O) groups excluding carboxylic acids is 1. The standard InChI is InChI=1S/C24H20N4O2S2/c1-14-7-3-4-9-17(14)27-22(29)20-15(2)26-24-28(21(20)18-10-6-12-31-18)23(30)19(32-24)13-16-8-5-11-25-16/h3-13,21,25H,1-2H3,(H,27,29)/b19-13+. The fourth-order valence-electron chi connectivity index (χ4n) is 3.81. The molecule has 8 heteroatoms. The summed E-state index contributed by atoms with van der Waals surface area (Å²) in [6.45, 7) is 3.78. The molecule has 1 aromatic carbocycles. The van der Waals surface area contributed by atoms with E-state index in [1.54, 1.807) is 4.57 Å². The molecule has 4 heterocycles. The minimum absolute atomic E-state index is 0.157. The minimum atomic E-state index is -0.527. The molecule has 6 nitrogen and oxygen atoms in total. The first-order valence-electron chi connectivity index (χ1n) is 10.1. The second-order valence-corrected chi connectivity index (χ2v) is 9.48. The minimum Gasteiger partial charge on any atom is -0.362 e. The molecule has 1 amide bonds. The van der Waals surface area contributed by atoms with Gasteiger partial charge in [0.1, 0.15) is 6.04 Å². The lowest BCUT2D eigenvalue weighted by atomic mass is 10.0. The summed E-state index contributed by atoms with van der Waals surface area (Å²) in [6.07, 6.45) is 3.64. The molecule has 5 rings (SSSR count). The van der Waals surface area contributed by atoms with Gasteiger partial charge < -0.3 is 10.3 Å². The third-order valence-corrected chi connectivity index (χ3v) is 7.29. The Morgan fingerprint density at radius 2 is 2.00 bits per heavy atom. The van der Waals surface area contributed by atoms with Crippen LogP contribution in [-0.2, 0) is 4.79 Å². The summed E-state index contributed by atoms with van der Waals surface area (Å²) in [7, 11) is 0. The number of allylic oxidation sites excluding steroid dienone is 1. The smallest absolute Gasteiger partial charge is 0.271 e. The number of para-hydroxylation sites is 1. The quantitative estimate of drug-likeness (QED) is 0.488. The van der Waals surface area contributed by atoms with Gasteiger partial charge in [-0.3, -0.25) is 14.2 Å². The summed E-state index contributed by atoms with van der Waals surface area (Å²) in [5.74, 6) is -0.252. The van der Waals surface area contributed by atoms with E-state index in [9.17, 15) is 9.59 Å². The number of fused-ring (bicyclic) bond motifs is 1. The molecule has 32 heavy (non-hydrogen) atoms. The van der Waals surface area contributed by atoms with E-state index in [0.717, 1.165) is 21.8 Å². The highest BCUT2D eigenvalue weighted by atomic mass is 32.1. The van der Waals surface area contributed by atoms with Crippen molar-refractivity contribution in [1.29, 1.82) is 0 Å². The molecular weight excluding hydrogens is 440 g/mol. The number of H-pyrrole nitrogens is 1. The highest BCUT2D eigenvalue weighted by molar-refractivity contribution is 7.10. The number of carbonyl (C=O) groups is 1. The van der Waals surface area contributed by atoms with E-state index in [2.05, 4.69) is 15.3 Å². The van der Waals surface area contributed by atoms with Crippen molar-refractivity contribution in [2.45, 2.75) is 19.9 Å². The fraction of sp³-hybridized carbons (Fsp3) is 0.125. The summed E-state index contributed by atoms with van der Waals surface area (Å²) in [5.41, 5.74) is 3.49. The van der Waals surface area contributed by atoms with Gasteiger partial charge in [0, 0.05) is 22.5 Å². The average Bonchev–Trinajstić information content (AvgIpc) is 3.52. The zero-order valence-electron chi connectivity index (χ0n) is 17.5. The van der Waals surface area contributed by atoms with E-state index in [-0.39, 0.29) is 11.5 Å². The number of amides is 1. The Morgan fingerprint density at radius 3 is 2.72 bits per heavy atom. The van der Waals surface area contributed by atoms with Crippen molar-refractivity contribution in [2.24, 2.45) is 4.99 Å². The highest BCUT2D eigenvalue weighted by Gasteiger charge is 2.33. The topological polar surface area (TPSA) is 79.2 Å². The first-order valence-corrected chi connectivity index (χ1v) is 11.8. The van der Waals surface area contributed by atoms with Crippen LogP contribution in [-0.4, -0.2) is 15.5 Å². The lowest BCUT2D eigenvalue weighted by molar-refractivity contribution is -0.113. The largest absolute Gasteiger partial charge is 0.362 e. The predicted molar refractivity (Wildman–Crippen MR) is 129 cm³/mol. The summed E-state index contributed by atoms with van der Waals surface area (Å²) in [5, 5.41) is 4.97. The third-order valence-electron chi connectivity index (χ3n) is 5.38. The highest BCUT2D eigenvalue weighted by Crippen LogP contribution is 2.33. The monoisotopic (exact) mass is 460 g/mol. The van der Waals surface area contributed by atoms with E-state index >= 15 is 0 Å². The predicted octanol–water partition coefficient (Wildman–Crippen LogP) is 3.57. The van der Waals surface area contributed by atoms with Gasteiger partial charge in [-0.1, -0.05) is 35.6 Å². The molecule has 0 saturated heterocycles. The number of aryl methyl sites for hydroxylation is 1. The van der Waals surface area contributed by atoms with Gasteiger partial charge in [-0.2, -0.15) is 0 Å². The second-order valence-electron chi connectivity index (χ2n) is 7.49. The SMILES string of the molecule is CC1=C(C(=O)Nc2ccccc2C)C(c2cccs2)n2c(s/c(=C/c3ccc[nH]3)c2=O)=N1. The van der Waals surface area contributed by atoms with Crippen LogP contribution in [0.25, 0.3) is 6.08 Å². The van der Waals surface area contributed by atoms with Crippen molar-refractivity contribution in [3.8, 4) is 0 Å². The Kier molecular flexibility index (Phi) is 5.24. The fourth-order valence-corrected chi connectivity index (χ4v) is 5.67. The van der Waals surface area contributed by atoms with Crippen LogP contribution in [0.5, 0.6) is 0 Å². The number of hydrogen-bond donors (Lipinski definition) is 2. The van der Waals surface area contributed by atoms with Gasteiger partial charge in [0.2, 0.25) is 0 Å². The normalized spacial score (nSPS) is 16.1. The maximum Gasteiger partial charge on any atom is 0.271 e. The number of thiophene rings is 1. The van der Waals surface area contributed by atoms with Crippen molar-refractivity contribution >= 4 is 40.3 Å². The van der Waals surface area contributed by atoms with Gasteiger partial charge in [-0.05, 0) is 55.1 Å². The third kappa shape index (κ3) is 3.57. The molecular formula is C24H20N4O2S2. The summed E-state index contributed by atoms with van der Waals surface area (Å²) >= 11 is 2.85. The van der Waals surface area contributed by atoms with Crippen LogP contribution < -0.4 is 20.2 Å². The molecule has 2 N–H and O–H groups in total. The molecule has 0 spiro atoms. The Morgan fingerprint density at radius 1 is 1.16 bits per heavy atom. The molecule has 1 atom stereocenters. The molecule has 0 fully saturated rings. The number of thiazole rings is 1. The first-order chi connectivity index (χ1) is 15.5. The Labute approximate surface area is 191 Å². The van der Waals surface area contributed by atoms with Crippen LogP contribution in [0.2, 0.25) is 0 Å². The van der Waals surface area contributed by atoms with Gasteiger partial charge in [-0.15, -0.1) is 11.3 Å². The van der Waals surface area contributed by atoms with Crippen LogP contribution >= 0.6 is 22.7 Å². The van der Waals surface area contributed by atoms with Gasteiger partial charge in [-0.25, -0.2) is 4.99 Å². The van der Waals surface area contributed by atoms with Crippen LogP contribution in [0.4, 0.5) is 5.69 Å². The van der Waals surface area contributed by atoms with E-state index in [1.165, 1.54) is 22.7 Å². The number of aromatic nitrogens is 2. The van der Waals surface area contributed by atoms with Crippen molar-refractivity contribution < 1.29 is 4.79 Å². The van der Waals surface area contributed by atoms with Gasteiger partial charge in [0.15, 0.2) is 4.80 Å². The summed E-state index contributed by atoms with van der Waals surface area (Å²) in [4.78, 5) is 36.2. The molecule has 1 aliphatic rings. The van der Waals surface area contributed by atoms with Crippen LogP contribution in [0.15, 0.2) is 81.2 Å². The number of rotatable bonds is 4. The van der Waals surface area contributed by atoms with E-state index in [4.69, 9.17) is 0 Å². The van der Waals surface area contributed by atoms with Crippen molar-refractivity contribution in [3.05, 3.63) is 107 Å². The van der Waals surface area contributed by atoms with Gasteiger partial charge >= 0.3 is 0 Å². The number of benzene rings is 1. The number of nitrogens with one attached hydrogen (secondary N) is 2. The number of aromatic amines is 1. The number of anilines is 1. The molecule has 0 saturated carbocycles. The molecule has 1 unspecified atom stereocenters. The zero-order chi connectivity index (χ0) is 22.2. The molecule has 4 aromatic rings. The summed E-state index contributed by atoms with van der Waals surface area (Å²) in [6, 6.07) is 14.8. The van der Waals surface area contributed by atoms with Gasteiger partial charge in [0.05, 0.1) is 15.8 Å². The maximum atomic E-state index is 13.5. The molecule has 0 aliphatic carbocycles. The van der Waals surface area contributed by atoms with Crippen molar-refractivity contribution in [3.63, 3.8) is 0 Å². The Hall–Kier alpha value is -3.49. The number of hydrogen-bond acceptors (Lipinski definition) is 5. The summed E-state index contributed by atoms with van der Waals surface area (Å²) < 4.78 is 2.21. The van der Waals surface area contributed by atoms with Gasteiger partial charge in [0.25, 0.3) is 11.5 Å². The lowest BCUT2D eigenvalue weighted by Crippen LogP contribution is -2.40. The molecule has 0 bridgehead atoms. The number of nitrogens with zero attached hydrogens (tertiary/aromatic N) is 2. The van der Waals surface area contributed by atoms with Crippen molar-refractivity contribution in [2.75, 3.05) is 5.32 Å². The van der Waals surface area contributed by atoms with Crippen molar-refractivity contribution in [1.82, 2.24) is 9.55 Å². The van der Waals surface area contributed by atoms with E-state index in [0.29, 0.717) is 20.6 Å². The second kappa shape index (κ2) is 8.22. The Balaban J connectivity index is 1.66. The molecule has 1 aliphatic heterocycles. The average molecular weight is 461 g/mol. The molecule has 0 radical (unpaired) electrons. The zero-order valence-corrected chi connectivity index (χ0v) is 19.1. The molecule has 3 aromatic heterocycles. The lowest BCUT2D eigenvalue weighted by Gasteiger charge is -2.24.